The molecule has 0 unspecified atom stereocenters. The Morgan fingerprint density at radius 1 is 1.12 bits per heavy atom. The maximum atomic E-state index is 12.4. The van der Waals surface area contributed by atoms with Crippen molar-refractivity contribution in [2.45, 2.75) is 24.5 Å². The Bertz CT molecular complexity index is 886. The molecule has 0 bridgehead atoms. The quantitative estimate of drug-likeness (QED) is 0.543. The van der Waals surface area contributed by atoms with Crippen LogP contribution in [0.2, 0.25) is 0 Å². The minimum atomic E-state index is -2.90. The van der Waals surface area contributed by atoms with E-state index in [2.05, 4.69) is 14.9 Å². The van der Waals surface area contributed by atoms with Crippen molar-refractivity contribution in [2.24, 2.45) is 0 Å². The zero-order chi connectivity index (χ0) is 18.5. The van der Waals surface area contributed by atoms with E-state index >= 15 is 0 Å². The summed E-state index contributed by atoms with van der Waals surface area (Å²) in [5.41, 5.74) is 2.79. The molecule has 2 aromatic carbocycles. The molecule has 0 aliphatic rings. The number of ether oxygens (including phenoxy) is 2. The summed E-state index contributed by atoms with van der Waals surface area (Å²) in [5.74, 6) is 1.22. The number of hydrogen-bond donors (Lipinski definition) is 0. The van der Waals surface area contributed by atoms with Crippen molar-refractivity contribution < 1.29 is 22.7 Å². The molecule has 3 aromatic rings. The molecular formula is C18H16F2N2O3S. The van der Waals surface area contributed by atoms with Crippen LogP contribution in [0, 0.1) is 6.92 Å². The fourth-order valence-corrected chi connectivity index (χ4v) is 3.04. The summed E-state index contributed by atoms with van der Waals surface area (Å²) in [6, 6.07) is 12.5. The molecule has 1 heterocycles. The van der Waals surface area contributed by atoms with E-state index in [4.69, 9.17) is 9.15 Å². The summed E-state index contributed by atoms with van der Waals surface area (Å²) in [5, 5.41) is 8.54. The number of rotatable bonds is 7. The molecule has 0 aliphatic heterocycles. The Balaban J connectivity index is 1.69. The highest BCUT2D eigenvalue weighted by Gasteiger charge is 2.13. The van der Waals surface area contributed by atoms with Gasteiger partial charge in [-0.25, -0.2) is 0 Å². The Kier molecular flexibility index (Phi) is 5.72. The number of aryl methyl sites for hydroxylation is 1. The third kappa shape index (κ3) is 4.32. The van der Waals surface area contributed by atoms with Crippen LogP contribution < -0.4 is 9.47 Å². The summed E-state index contributed by atoms with van der Waals surface area (Å²) >= 11 is 1.35. The number of aromatic nitrogens is 2. The van der Waals surface area contributed by atoms with Crippen molar-refractivity contribution in [1.82, 2.24) is 10.2 Å². The van der Waals surface area contributed by atoms with E-state index in [9.17, 15) is 8.78 Å². The summed E-state index contributed by atoms with van der Waals surface area (Å²) in [6.45, 7) is -0.927. The predicted octanol–water partition coefficient (Wildman–Crippen LogP) is 4.95. The monoisotopic (exact) mass is 378 g/mol. The van der Waals surface area contributed by atoms with Gasteiger partial charge in [-0.1, -0.05) is 36.0 Å². The van der Waals surface area contributed by atoms with Gasteiger partial charge in [-0.2, -0.15) is 8.78 Å². The summed E-state index contributed by atoms with van der Waals surface area (Å²) in [6.07, 6.45) is 0. The highest BCUT2D eigenvalue weighted by molar-refractivity contribution is 7.98. The maximum Gasteiger partial charge on any atom is 0.387 e. The van der Waals surface area contributed by atoms with Crippen LogP contribution in [0.5, 0.6) is 11.5 Å². The van der Waals surface area contributed by atoms with E-state index in [0.29, 0.717) is 16.9 Å². The lowest BCUT2D eigenvalue weighted by Gasteiger charge is -2.10. The Hall–Kier alpha value is -2.61. The number of benzene rings is 2. The molecule has 0 radical (unpaired) electrons. The Labute approximate surface area is 153 Å². The molecule has 0 saturated carbocycles. The molecule has 0 atom stereocenters. The first-order chi connectivity index (χ1) is 12.6. The number of methoxy groups -OCH3 is 1. The van der Waals surface area contributed by atoms with Crippen LogP contribution in [0.4, 0.5) is 8.78 Å². The largest absolute Gasteiger partial charge is 0.493 e. The second-order valence-electron chi connectivity index (χ2n) is 5.34. The Morgan fingerprint density at radius 2 is 1.92 bits per heavy atom. The van der Waals surface area contributed by atoms with Gasteiger partial charge in [-0.15, -0.1) is 10.2 Å². The van der Waals surface area contributed by atoms with Crippen LogP contribution >= 0.6 is 11.8 Å². The van der Waals surface area contributed by atoms with Crippen molar-refractivity contribution in [1.29, 1.82) is 0 Å². The zero-order valence-corrected chi connectivity index (χ0v) is 14.9. The lowest BCUT2D eigenvalue weighted by Crippen LogP contribution is -2.03. The highest BCUT2D eigenvalue weighted by atomic mass is 32.2. The first kappa shape index (κ1) is 18.2. The van der Waals surface area contributed by atoms with Gasteiger partial charge in [0.05, 0.1) is 7.11 Å². The normalized spacial score (nSPS) is 11.0. The first-order valence-electron chi connectivity index (χ1n) is 7.71. The highest BCUT2D eigenvalue weighted by Crippen LogP contribution is 2.32. The number of hydrogen-bond acceptors (Lipinski definition) is 6. The summed E-state index contributed by atoms with van der Waals surface area (Å²) < 4.78 is 39.9. The molecular weight excluding hydrogens is 362 g/mol. The first-order valence-corrected chi connectivity index (χ1v) is 8.69. The standard InChI is InChI=1S/C18H16F2N2O3S/c1-11-5-3-4-6-13(11)16-21-22-18(25-16)26-10-12-7-8-14(24-17(19)20)15(9-12)23-2/h3-9,17H,10H2,1-2H3. The fourth-order valence-electron chi connectivity index (χ4n) is 2.33. The summed E-state index contributed by atoms with van der Waals surface area (Å²) in [7, 11) is 1.40. The van der Waals surface area contributed by atoms with Crippen LogP contribution in [0.3, 0.4) is 0 Å². The molecule has 3 rings (SSSR count). The van der Waals surface area contributed by atoms with Gasteiger partial charge in [0.15, 0.2) is 11.5 Å². The van der Waals surface area contributed by atoms with Gasteiger partial charge < -0.3 is 13.9 Å². The molecule has 5 nitrogen and oxygen atoms in total. The number of alkyl halides is 2. The molecule has 26 heavy (non-hydrogen) atoms. The van der Waals surface area contributed by atoms with Crippen molar-refractivity contribution in [3.63, 3.8) is 0 Å². The number of thioether (sulfide) groups is 1. The summed E-state index contributed by atoms with van der Waals surface area (Å²) in [4.78, 5) is 0. The average Bonchev–Trinajstić information content (AvgIpc) is 3.09. The number of halogens is 2. The van der Waals surface area contributed by atoms with Gasteiger partial charge in [0.2, 0.25) is 5.89 Å². The minimum Gasteiger partial charge on any atom is -0.493 e. The minimum absolute atomic E-state index is 0.00382. The average molecular weight is 378 g/mol. The SMILES string of the molecule is COc1cc(CSc2nnc(-c3ccccc3C)o2)ccc1OC(F)F. The Morgan fingerprint density at radius 3 is 2.65 bits per heavy atom. The lowest BCUT2D eigenvalue weighted by molar-refractivity contribution is -0.0512. The van der Waals surface area contributed by atoms with Crippen LogP contribution in [-0.4, -0.2) is 23.9 Å². The van der Waals surface area contributed by atoms with Gasteiger partial charge in [0.1, 0.15) is 0 Å². The molecule has 0 amide bonds. The van der Waals surface area contributed by atoms with E-state index in [-0.39, 0.29) is 11.5 Å². The van der Waals surface area contributed by atoms with E-state index in [1.165, 1.54) is 24.9 Å². The molecule has 0 aliphatic carbocycles. The second kappa shape index (κ2) is 8.18. The van der Waals surface area contributed by atoms with Crippen LogP contribution in [0.1, 0.15) is 11.1 Å². The molecule has 0 fully saturated rings. The smallest absolute Gasteiger partial charge is 0.387 e. The zero-order valence-electron chi connectivity index (χ0n) is 14.1. The second-order valence-corrected chi connectivity index (χ2v) is 6.27. The van der Waals surface area contributed by atoms with Gasteiger partial charge >= 0.3 is 6.61 Å². The lowest BCUT2D eigenvalue weighted by atomic mass is 10.1. The molecule has 0 saturated heterocycles. The van der Waals surface area contributed by atoms with E-state index in [1.54, 1.807) is 12.1 Å². The third-order valence-corrected chi connectivity index (χ3v) is 4.48. The van der Waals surface area contributed by atoms with Gasteiger partial charge in [-0.05, 0) is 36.2 Å². The van der Waals surface area contributed by atoms with Gasteiger partial charge in [0, 0.05) is 11.3 Å². The van der Waals surface area contributed by atoms with Crippen LogP contribution in [-0.2, 0) is 5.75 Å². The van der Waals surface area contributed by atoms with E-state index < -0.39 is 6.61 Å². The molecule has 8 heteroatoms. The van der Waals surface area contributed by atoms with Crippen molar-refractivity contribution in [2.75, 3.05) is 7.11 Å². The fraction of sp³-hybridized carbons (Fsp3) is 0.222. The number of nitrogens with zero attached hydrogens (tertiary/aromatic N) is 2. The predicted molar refractivity (Wildman–Crippen MR) is 93.7 cm³/mol. The topological polar surface area (TPSA) is 57.4 Å². The van der Waals surface area contributed by atoms with Crippen LogP contribution in [0.25, 0.3) is 11.5 Å². The van der Waals surface area contributed by atoms with Crippen molar-refractivity contribution >= 4 is 11.8 Å². The third-order valence-electron chi connectivity index (χ3n) is 3.59. The maximum absolute atomic E-state index is 12.4. The van der Waals surface area contributed by atoms with Gasteiger partial charge in [0.25, 0.3) is 5.22 Å². The van der Waals surface area contributed by atoms with Crippen LogP contribution in [0.15, 0.2) is 52.1 Å². The molecule has 1 aromatic heterocycles. The molecule has 136 valence electrons. The van der Waals surface area contributed by atoms with Crippen molar-refractivity contribution in [3.8, 4) is 23.0 Å². The molecule has 0 N–H and O–H groups in total. The van der Waals surface area contributed by atoms with E-state index in [0.717, 1.165) is 16.7 Å². The van der Waals surface area contributed by atoms with Crippen molar-refractivity contribution in [3.05, 3.63) is 53.6 Å². The molecule has 0 spiro atoms. The van der Waals surface area contributed by atoms with Gasteiger partial charge in [-0.3, -0.25) is 0 Å². The van der Waals surface area contributed by atoms with E-state index in [1.807, 2.05) is 31.2 Å².